The van der Waals surface area contributed by atoms with Gasteiger partial charge in [-0.25, -0.2) is 0 Å². The van der Waals surface area contributed by atoms with Crippen molar-refractivity contribution in [1.29, 1.82) is 0 Å². The van der Waals surface area contributed by atoms with Crippen LogP contribution >= 0.6 is 0 Å². The molecule has 0 atom stereocenters. The molecule has 0 unspecified atom stereocenters. The molecular formula is C14H21O3. The van der Waals surface area contributed by atoms with Gasteiger partial charge in [0.1, 0.15) is 0 Å². The molecule has 0 spiro atoms. The van der Waals surface area contributed by atoms with E-state index in [0.717, 1.165) is 29.4 Å². The average molecular weight is 237 g/mol. The van der Waals surface area contributed by atoms with Crippen molar-refractivity contribution in [3.63, 3.8) is 0 Å². The van der Waals surface area contributed by atoms with Crippen molar-refractivity contribution in [1.82, 2.24) is 0 Å². The summed E-state index contributed by atoms with van der Waals surface area (Å²) in [5.74, 6) is 2.37. The van der Waals surface area contributed by atoms with Crippen LogP contribution < -0.4 is 9.47 Å². The number of hydrogen-bond donors (Lipinski definition) is 1. The van der Waals surface area contributed by atoms with Gasteiger partial charge in [0.15, 0.2) is 11.5 Å². The van der Waals surface area contributed by atoms with Crippen LogP contribution in [0.3, 0.4) is 0 Å². The van der Waals surface area contributed by atoms with Crippen molar-refractivity contribution in [2.75, 3.05) is 19.8 Å². The van der Waals surface area contributed by atoms with Crippen LogP contribution in [0.4, 0.5) is 0 Å². The van der Waals surface area contributed by atoms with Crippen molar-refractivity contribution >= 4 is 0 Å². The zero-order valence-corrected chi connectivity index (χ0v) is 10.8. The monoisotopic (exact) mass is 237 g/mol. The van der Waals surface area contributed by atoms with Gasteiger partial charge < -0.3 is 14.6 Å². The van der Waals surface area contributed by atoms with E-state index in [-0.39, 0.29) is 6.61 Å². The highest BCUT2D eigenvalue weighted by Crippen LogP contribution is 2.35. The Labute approximate surface area is 103 Å². The lowest BCUT2D eigenvalue weighted by Gasteiger charge is -2.17. The van der Waals surface area contributed by atoms with E-state index in [1.807, 2.05) is 32.0 Å². The Kier molecular flexibility index (Phi) is 5.84. The van der Waals surface area contributed by atoms with Crippen LogP contribution in [0.2, 0.25) is 0 Å². The summed E-state index contributed by atoms with van der Waals surface area (Å²) in [6.45, 7) is 7.17. The zero-order valence-electron chi connectivity index (χ0n) is 10.8. The van der Waals surface area contributed by atoms with Gasteiger partial charge in [-0.05, 0) is 19.4 Å². The highest BCUT2D eigenvalue weighted by atomic mass is 16.5. The molecule has 0 aliphatic carbocycles. The lowest BCUT2D eigenvalue weighted by Crippen LogP contribution is -2.07. The number of aliphatic hydroxyl groups excluding tert-OH is 1. The van der Waals surface area contributed by atoms with Crippen molar-refractivity contribution in [3.8, 4) is 11.5 Å². The largest absolute Gasteiger partial charge is 0.490 e. The first-order chi connectivity index (χ1) is 8.24. The number of para-hydroxylation sites is 1. The van der Waals surface area contributed by atoms with Gasteiger partial charge in [0, 0.05) is 11.5 Å². The maximum atomic E-state index is 9.21. The summed E-state index contributed by atoms with van der Waals surface area (Å²) in [6.07, 6.45) is 0.957. The fourth-order valence-corrected chi connectivity index (χ4v) is 1.56. The second kappa shape index (κ2) is 7.17. The predicted molar refractivity (Wildman–Crippen MR) is 68.5 cm³/mol. The molecule has 0 aliphatic rings. The molecular weight excluding hydrogens is 216 g/mol. The minimum Gasteiger partial charge on any atom is -0.490 e. The molecule has 95 valence electrons. The van der Waals surface area contributed by atoms with Gasteiger partial charge in [0.05, 0.1) is 19.8 Å². The van der Waals surface area contributed by atoms with Crippen LogP contribution in [0.5, 0.6) is 11.5 Å². The van der Waals surface area contributed by atoms with E-state index < -0.39 is 0 Å². The lowest BCUT2D eigenvalue weighted by atomic mass is 10.0. The second-order valence-electron chi connectivity index (χ2n) is 3.85. The van der Waals surface area contributed by atoms with Gasteiger partial charge >= 0.3 is 0 Å². The summed E-state index contributed by atoms with van der Waals surface area (Å²) in [5.41, 5.74) is 0.919. The Balaban J connectivity index is 3.02. The Morgan fingerprint density at radius 3 is 2.59 bits per heavy atom. The SMILES string of the molecule is CCCOc1cccc([C](C)CO)c1OCC. The van der Waals surface area contributed by atoms with E-state index in [9.17, 15) is 5.11 Å². The summed E-state index contributed by atoms with van der Waals surface area (Å²) >= 11 is 0. The van der Waals surface area contributed by atoms with E-state index in [4.69, 9.17) is 9.47 Å². The van der Waals surface area contributed by atoms with Crippen LogP contribution in [0, 0.1) is 5.92 Å². The van der Waals surface area contributed by atoms with Crippen molar-refractivity contribution < 1.29 is 14.6 Å². The molecule has 17 heavy (non-hydrogen) atoms. The summed E-state index contributed by atoms with van der Waals surface area (Å²) in [4.78, 5) is 0. The fourth-order valence-electron chi connectivity index (χ4n) is 1.56. The molecule has 1 rings (SSSR count). The number of benzene rings is 1. The van der Waals surface area contributed by atoms with Crippen LogP contribution in [-0.4, -0.2) is 24.9 Å². The number of ether oxygens (including phenoxy) is 2. The first-order valence-corrected chi connectivity index (χ1v) is 6.06. The van der Waals surface area contributed by atoms with Gasteiger partial charge in [-0.15, -0.1) is 0 Å². The summed E-state index contributed by atoms with van der Waals surface area (Å²) in [5, 5.41) is 9.21. The molecule has 1 aromatic carbocycles. The molecule has 1 aromatic rings. The van der Waals surface area contributed by atoms with Crippen LogP contribution in [-0.2, 0) is 0 Å². The van der Waals surface area contributed by atoms with E-state index >= 15 is 0 Å². The Morgan fingerprint density at radius 2 is 2.00 bits per heavy atom. The van der Waals surface area contributed by atoms with Crippen molar-refractivity contribution in [2.45, 2.75) is 27.2 Å². The molecule has 0 saturated carbocycles. The fraction of sp³-hybridized carbons (Fsp3) is 0.500. The Bertz CT molecular complexity index is 336. The summed E-state index contributed by atoms with van der Waals surface area (Å²) in [7, 11) is 0. The average Bonchev–Trinajstić information content (AvgIpc) is 2.36. The quantitative estimate of drug-likeness (QED) is 0.792. The van der Waals surface area contributed by atoms with Gasteiger partial charge in [-0.1, -0.05) is 26.0 Å². The first-order valence-electron chi connectivity index (χ1n) is 6.06. The smallest absolute Gasteiger partial charge is 0.164 e. The molecule has 0 aliphatic heterocycles. The van der Waals surface area contributed by atoms with Gasteiger partial charge in [0.2, 0.25) is 0 Å². The van der Waals surface area contributed by atoms with E-state index in [0.29, 0.717) is 13.2 Å². The molecule has 0 fully saturated rings. The summed E-state index contributed by atoms with van der Waals surface area (Å²) < 4.78 is 11.3. The minimum absolute atomic E-state index is 0.0251. The van der Waals surface area contributed by atoms with Crippen molar-refractivity contribution in [2.24, 2.45) is 0 Å². The third-order valence-electron chi connectivity index (χ3n) is 2.43. The molecule has 0 amide bonds. The lowest BCUT2D eigenvalue weighted by molar-refractivity contribution is 0.272. The Morgan fingerprint density at radius 1 is 1.24 bits per heavy atom. The van der Waals surface area contributed by atoms with Gasteiger partial charge in [-0.2, -0.15) is 0 Å². The molecule has 0 heterocycles. The molecule has 0 aromatic heterocycles. The number of rotatable bonds is 7. The zero-order chi connectivity index (χ0) is 12.7. The van der Waals surface area contributed by atoms with Gasteiger partial charge in [-0.3, -0.25) is 0 Å². The van der Waals surface area contributed by atoms with E-state index in [1.54, 1.807) is 0 Å². The molecule has 0 saturated heterocycles. The highest BCUT2D eigenvalue weighted by molar-refractivity contribution is 5.52. The number of aliphatic hydroxyl groups is 1. The third kappa shape index (κ3) is 3.63. The van der Waals surface area contributed by atoms with Crippen LogP contribution in [0.1, 0.15) is 32.8 Å². The molecule has 3 nitrogen and oxygen atoms in total. The second-order valence-corrected chi connectivity index (χ2v) is 3.85. The van der Waals surface area contributed by atoms with E-state index in [2.05, 4.69) is 6.92 Å². The van der Waals surface area contributed by atoms with Crippen molar-refractivity contribution in [3.05, 3.63) is 29.7 Å². The normalized spacial score (nSPS) is 10.6. The van der Waals surface area contributed by atoms with E-state index in [1.165, 1.54) is 0 Å². The molecule has 3 heteroatoms. The number of hydrogen-bond acceptors (Lipinski definition) is 3. The predicted octanol–water partition coefficient (Wildman–Crippen LogP) is 2.81. The maximum Gasteiger partial charge on any atom is 0.164 e. The molecule has 1 radical (unpaired) electrons. The topological polar surface area (TPSA) is 38.7 Å². The molecule has 1 N–H and O–H groups in total. The Hall–Kier alpha value is -1.22. The first kappa shape index (κ1) is 13.8. The molecule has 0 bridgehead atoms. The van der Waals surface area contributed by atoms with Crippen LogP contribution in [0.25, 0.3) is 0 Å². The van der Waals surface area contributed by atoms with Crippen LogP contribution in [0.15, 0.2) is 18.2 Å². The third-order valence-corrected chi connectivity index (χ3v) is 2.43. The maximum absolute atomic E-state index is 9.21. The standard InChI is InChI=1S/C14H21O3/c1-4-9-17-13-8-6-7-12(11(3)10-15)14(13)16-5-2/h6-8,15H,4-5,9-10H2,1-3H3. The minimum atomic E-state index is 0.0251. The summed E-state index contributed by atoms with van der Waals surface area (Å²) in [6, 6.07) is 5.76. The highest BCUT2D eigenvalue weighted by Gasteiger charge is 2.15. The van der Waals surface area contributed by atoms with Gasteiger partial charge in [0.25, 0.3) is 0 Å².